The molecule has 1 heterocycles. The Morgan fingerprint density at radius 3 is 3.00 bits per heavy atom. The third kappa shape index (κ3) is 3.26. The van der Waals surface area contributed by atoms with Crippen LogP contribution in [-0.4, -0.2) is 28.6 Å². The number of rotatable bonds is 5. The fraction of sp³-hybridized carbons (Fsp3) is 0.556. The highest BCUT2D eigenvalue weighted by Gasteiger charge is 2.13. The molecule has 84 valence electrons. The molecule has 0 aliphatic rings. The Balaban J connectivity index is 2.60. The van der Waals surface area contributed by atoms with Gasteiger partial charge in [-0.3, -0.25) is 4.79 Å². The first-order valence-corrected chi connectivity index (χ1v) is 5.65. The molecule has 0 saturated heterocycles. The number of thiazole rings is 1. The molecular weight excluding hydrogens is 214 g/mol. The van der Waals surface area contributed by atoms with Crippen LogP contribution in [-0.2, 0) is 6.54 Å². The maximum absolute atomic E-state index is 11.6. The monoisotopic (exact) mass is 229 g/mol. The van der Waals surface area contributed by atoms with Gasteiger partial charge in [0, 0.05) is 11.9 Å². The lowest BCUT2D eigenvalue weighted by molar-refractivity contribution is 0.0910. The van der Waals surface area contributed by atoms with E-state index in [1.165, 1.54) is 11.3 Å². The van der Waals surface area contributed by atoms with Crippen LogP contribution in [0.2, 0.25) is 0 Å². The zero-order valence-electron chi connectivity index (χ0n) is 8.56. The quantitative estimate of drug-likeness (QED) is 0.668. The fourth-order valence-corrected chi connectivity index (χ4v) is 1.70. The van der Waals surface area contributed by atoms with Gasteiger partial charge in [0.05, 0.1) is 12.6 Å². The number of hydrogen-bond acceptors (Lipinski definition) is 5. The van der Waals surface area contributed by atoms with Gasteiger partial charge >= 0.3 is 0 Å². The second-order valence-corrected chi connectivity index (χ2v) is 4.03. The van der Waals surface area contributed by atoms with E-state index < -0.39 is 0 Å². The van der Waals surface area contributed by atoms with Crippen molar-refractivity contribution in [3.05, 3.63) is 16.1 Å². The van der Waals surface area contributed by atoms with Crippen LogP contribution in [0.15, 0.2) is 5.38 Å². The summed E-state index contributed by atoms with van der Waals surface area (Å²) in [5.74, 6) is -0.258. The van der Waals surface area contributed by atoms with E-state index in [0.29, 0.717) is 18.7 Å². The van der Waals surface area contributed by atoms with Crippen LogP contribution >= 0.6 is 11.3 Å². The summed E-state index contributed by atoms with van der Waals surface area (Å²) in [6.45, 7) is 2.18. The molecule has 0 aliphatic carbocycles. The summed E-state index contributed by atoms with van der Waals surface area (Å²) >= 11 is 1.36. The van der Waals surface area contributed by atoms with E-state index >= 15 is 0 Å². The Kier molecular flexibility index (Phi) is 4.67. The zero-order valence-corrected chi connectivity index (χ0v) is 9.38. The molecule has 1 aromatic heterocycles. The van der Waals surface area contributed by atoms with E-state index in [9.17, 15) is 4.79 Å². The van der Waals surface area contributed by atoms with Crippen LogP contribution in [0.3, 0.4) is 0 Å². The molecule has 0 saturated carbocycles. The van der Waals surface area contributed by atoms with Gasteiger partial charge in [0.1, 0.15) is 10.7 Å². The predicted molar refractivity (Wildman–Crippen MR) is 58.6 cm³/mol. The largest absolute Gasteiger partial charge is 0.394 e. The molecular formula is C9H15N3O2S. The molecule has 1 aromatic rings. The minimum absolute atomic E-state index is 0.0594. The van der Waals surface area contributed by atoms with Crippen LogP contribution in [0.1, 0.15) is 28.8 Å². The Labute approximate surface area is 92.3 Å². The molecule has 0 aliphatic heterocycles. The number of nitrogens with zero attached hydrogens (tertiary/aromatic N) is 1. The van der Waals surface area contributed by atoms with Gasteiger partial charge in [-0.15, -0.1) is 11.3 Å². The molecule has 0 bridgehead atoms. The summed E-state index contributed by atoms with van der Waals surface area (Å²) in [5.41, 5.74) is 5.76. The number of aromatic nitrogens is 1. The smallest absolute Gasteiger partial charge is 0.271 e. The van der Waals surface area contributed by atoms with Gasteiger partial charge in [0.25, 0.3) is 5.91 Å². The Morgan fingerprint density at radius 1 is 1.80 bits per heavy atom. The first kappa shape index (κ1) is 12.1. The SMILES string of the molecule is CC[C@@H](CO)NC(=O)c1csc(CN)n1. The van der Waals surface area contributed by atoms with Gasteiger partial charge in [0.15, 0.2) is 0 Å². The third-order valence-electron chi connectivity index (χ3n) is 2.01. The lowest BCUT2D eigenvalue weighted by atomic mass is 10.2. The van der Waals surface area contributed by atoms with E-state index in [1.54, 1.807) is 5.38 Å². The highest BCUT2D eigenvalue weighted by molar-refractivity contribution is 7.09. The van der Waals surface area contributed by atoms with Crippen molar-refractivity contribution in [3.8, 4) is 0 Å². The minimum atomic E-state index is -0.258. The van der Waals surface area contributed by atoms with E-state index in [2.05, 4.69) is 10.3 Å². The molecule has 0 aromatic carbocycles. The van der Waals surface area contributed by atoms with E-state index in [1.807, 2.05) is 6.92 Å². The summed E-state index contributed by atoms with van der Waals surface area (Å²) in [5, 5.41) is 14.0. The van der Waals surface area contributed by atoms with E-state index in [4.69, 9.17) is 10.8 Å². The number of aliphatic hydroxyl groups excluding tert-OH is 1. The summed E-state index contributed by atoms with van der Waals surface area (Å²) < 4.78 is 0. The van der Waals surface area contributed by atoms with Crippen LogP contribution in [0.25, 0.3) is 0 Å². The van der Waals surface area contributed by atoms with Crippen molar-refractivity contribution < 1.29 is 9.90 Å². The van der Waals surface area contributed by atoms with E-state index in [-0.39, 0.29) is 18.6 Å². The zero-order chi connectivity index (χ0) is 11.3. The molecule has 0 fully saturated rings. The lowest BCUT2D eigenvalue weighted by Crippen LogP contribution is -2.37. The number of carbonyl (C=O) groups is 1. The van der Waals surface area contributed by atoms with Crippen LogP contribution in [0.4, 0.5) is 0 Å². The first-order chi connectivity index (χ1) is 7.21. The van der Waals surface area contributed by atoms with Crippen LogP contribution < -0.4 is 11.1 Å². The number of nitrogens with two attached hydrogens (primary N) is 1. The molecule has 6 heteroatoms. The van der Waals surface area contributed by atoms with Crippen molar-refractivity contribution in [1.29, 1.82) is 0 Å². The van der Waals surface area contributed by atoms with Gasteiger partial charge < -0.3 is 16.2 Å². The van der Waals surface area contributed by atoms with Gasteiger partial charge in [-0.1, -0.05) is 6.92 Å². The Morgan fingerprint density at radius 2 is 2.53 bits per heavy atom. The molecule has 0 unspecified atom stereocenters. The minimum Gasteiger partial charge on any atom is -0.394 e. The Bertz CT molecular complexity index is 323. The standard InChI is InChI=1S/C9H15N3O2S/c1-2-6(4-13)11-9(14)7-5-15-8(3-10)12-7/h5-6,13H,2-4,10H2,1H3,(H,11,14)/t6-/m0/s1. The van der Waals surface area contributed by atoms with Gasteiger partial charge in [0.2, 0.25) is 0 Å². The fourth-order valence-electron chi connectivity index (χ4n) is 1.05. The van der Waals surface area contributed by atoms with Crippen molar-refractivity contribution in [2.75, 3.05) is 6.61 Å². The number of hydrogen-bond donors (Lipinski definition) is 3. The highest BCUT2D eigenvalue weighted by atomic mass is 32.1. The molecule has 15 heavy (non-hydrogen) atoms. The molecule has 0 radical (unpaired) electrons. The summed E-state index contributed by atoms with van der Waals surface area (Å²) in [6.07, 6.45) is 0.691. The van der Waals surface area contributed by atoms with Crippen molar-refractivity contribution in [2.45, 2.75) is 25.9 Å². The predicted octanol–water partition coefficient (Wildman–Crippen LogP) is 0.103. The maximum atomic E-state index is 11.6. The van der Waals surface area contributed by atoms with E-state index in [0.717, 1.165) is 5.01 Å². The summed E-state index contributed by atoms with van der Waals surface area (Å²) in [4.78, 5) is 15.6. The molecule has 0 spiro atoms. The number of aliphatic hydroxyl groups is 1. The molecule has 1 amide bonds. The second-order valence-electron chi connectivity index (χ2n) is 3.09. The van der Waals surface area contributed by atoms with Crippen molar-refractivity contribution >= 4 is 17.2 Å². The maximum Gasteiger partial charge on any atom is 0.271 e. The number of nitrogens with one attached hydrogen (secondary N) is 1. The summed E-state index contributed by atoms with van der Waals surface area (Å²) in [7, 11) is 0. The number of amides is 1. The Hall–Kier alpha value is -0.980. The molecule has 5 nitrogen and oxygen atoms in total. The highest BCUT2D eigenvalue weighted by Crippen LogP contribution is 2.08. The summed E-state index contributed by atoms with van der Waals surface area (Å²) in [6, 6.07) is -0.208. The topological polar surface area (TPSA) is 88.2 Å². The molecule has 1 rings (SSSR count). The average Bonchev–Trinajstić information content (AvgIpc) is 2.74. The van der Waals surface area contributed by atoms with Gasteiger partial charge in [-0.05, 0) is 6.42 Å². The second kappa shape index (κ2) is 5.79. The molecule has 1 atom stereocenters. The normalized spacial score (nSPS) is 12.5. The van der Waals surface area contributed by atoms with Crippen LogP contribution in [0, 0.1) is 0 Å². The number of carbonyl (C=O) groups excluding carboxylic acids is 1. The van der Waals surface area contributed by atoms with Crippen molar-refractivity contribution in [3.63, 3.8) is 0 Å². The average molecular weight is 229 g/mol. The first-order valence-electron chi connectivity index (χ1n) is 4.77. The van der Waals surface area contributed by atoms with Gasteiger partial charge in [-0.25, -0.2) is 4.98 Å². The lowest BCUT2D eigenvalue weighted by Gasteiger charge is -2.12. The van der Waals surface area contributed by atoms with Gasteiger partial charge in [-0.2, -0.15) is 0 Å². The van der Waals surface area contributed by atoms with Crippen molar-refractivity contribution in [1.82, 2.24) is 10.3 Å². The third-order valence-corrected chi connectivity index (χ3v) is 2.88. The molecule has 4 N–H and O–H groups in total. The van der Waals surface area contributed by atoms with Crippen LogP contribution in [0.5, 0.6) is 0 Å². The van der Waals surface area contributed by atoms with Crippen molar-refractivity contribution in [2.24, 2.45) is 5.73 Å².